The Kier molecular flexibility index (Phi) is 7.73. The van der Waals surface area contributed by atoms with Gasteiger partial charge in [-0.25, -0.2) is 0 Å². The van der Waals surface area contributed by atoms with Gasteiger partial charge in [0.25, 0.3) is 0 Å². The van der Waals surface area contributed by atoms with E-state index in [1.165, 1.54) is 57.8 Å². The second kappa shape index (κ2) is 8.81. The largest absolute Gasteiger partial charge is 0 e. The molecule has 0 spiro atoms. The molecule has 0 heterocycles. The number of rotatable bonds is 3. The Labute approximate surface area is 147 Å². The summed E-state index contributed by atoms with van der Waals surface area (Å²) in [7, 11) is -1.30. The molecule has 3 aliphatic carbocycles. The second-order valence-corrected chi connectivity index (χ2v) is 12.8. The molecule has 0 aromatic rings. The third-order valence-corrected chi connectivity index (χ3v) is 13.4. The Morgan fingerprint density at radius 2 is 0.714 bits per heavy atom. The van der Waals surface area contributed by atoms with E-state index in [1.807, 2.05) is 0 Å². The molecule has 3 saturated carbocycles. The third-order valence-electron chi connectivity index (χ3n) is 7.10. The van der Waals surface area contributed by atoms with E-state index in [4.69, 9.17) is 6.66 Å². The van der Waals surface area contributed by atoms with E-state index in [-0.39, 0.29) is 20.4 Å². The van der Waals surface area contributed by atoms with Crippen LogP contribution in [0.4, 0.5) is 0 Å². The van der Waals surface area contributed by atoms with E-state index in [1.54, 1.807) is 38.5 Å². The summed E-state index contributed by atoms with van der Waals surface area (Å²) in [5.41, 5.74) is 3.30. The van der Waals surface area contributed by atoms with Crippen LogP contribution in [-0.4, -0.2) is 17.0 Å². The van der Waals surface area contributed by atoms with Gasteiger partial charge in [-0.15, -0.1) is 0 Å². The fraction of sp³-hybridized carbons (Fsp3) is 0.947. The average Bonchev–Trinajstić information content (AvgIpc) is 2.56. The molecule has 21 heavy (non-hydrogen) atoms. The SMILES string of the molecule is [CH2][PH](C1CCCCC1)(C1CCCCC1)C1CCCCC1.[Pd]. The summed E-state index contributed by atoms with van der Waals surface area (Å²) >= 11 is 0. The summed E-state index contributed by atoms with van der Waals surface area (Å²) in [5, 5.41) is 0. The van der Waals surface area contributed by atoms with Crippen molar-refractivity contribution in [3.05, 3.63) is 6.66 Å². The minimum Gasteiger partial charge on any atom is 0 e. The van der Waals surface area contributed by atoms with Gasteiger partial charge in [0.05, 0.1) is 0 Å². The van der Waals surface area contributed by atoms with Gasteiger partial charge in [0.15, 0.2) is 0 Å². The fourth-order valence-corrected chi connectivity index (χ4v) is 12.4. The minimum atomic E-state index is -1.30. The van der Waals surface area contributed by atoms with Crippen molar-refractivity contribution in [3.63, 3.8) is 0 Å². The Balaban J connectivity index is 0.00000161. The van der Waals surface area contributed by atoms with Crippen LogP contribution in [0.15, 0.2) is 0 Å². The van der Waals surface area contributed by atoms with E-state index in [0.717, 1.165) is 17.0 Å². The van der Waals surface area contributed by atoms with Crippen LogP contribution in [0.1, 0.15) is 96.3 Å². The number of hydrogen-bond acceptors (Lipinski definition) is 0. The first-order valence-electron chi connectivity index (χ1n) is 9.67. The molecule has 3 aliphatic rings. The van der Waals surface area contributed by atoms with Crippen LogP contribution in [0.25, 0.3) is 0 Å². The van der Waals surface area contributed by atoms with Crippen LogP contribution < -0.4 is 0 Å². The van der Waals surface area contributed by atoms with Crippen molar-refractivity contribution < 1.29 is 20.4 Å². The van der Waals surface area contributed by atoms with Crippen molar-refractivity contribution >= 4 is 7.26 Å². The Hall–Kier alpha value is 1.09. The van der Waals surface area contributed by atoms with Gasteiger partial charge >= 0.3 is 127 Å². The summed E-state index contributed by atoms with van der Waals surface area (Å²) in [6.45, 7) is 5.18. The molecule has 0 amide bonds. The zero-order valence-electron chi connectivity index (χ0n) is 13.9. The van der Waals surface area contributed by atoms with Crippen molar-refractivity contribution in [2.75, 3.05) is 0 Å². The standard InChI is InChI=1S/C19H36P.Pd/c1-20(17-11-5-2-6-12-17,18-13-7-3-8-14-18)19-15-9-4-10-16-19;/h17-20H,1-16H2;. The summed E-state index contributed by atoms with van der Waals surface area (Å²) in [6.07, 6.45) is 23.0. The van der Waals surface area contributed by atoms with Gasteiger partial charge in [-0.1, -0.05) is 0 Å². The van der Waals surface area contributed by atoms with Gasteiger partial charge in [-0.3, -0.25) is 0 Å². The Morgan fingerprint density at radius 1 is 0.476 bits per heavy atom. The van der Waals surface area contributed by atoms with Gasteiger partial charge in [-0.05, 0) is 0 Å². The molecule has 0 unspecified atom stereocenters. The van der Waals surface area contributed by atoms with Gasteiger partial charge in [0.1, 0.15) is 0 Å². The van der Waals surface area contributed by atoms with Crippen molar-refractivity contribution in [2.45, 2.75) is 113 Å². The second-order valence-electron chi connectivity index (χ2n) is 8.12. The molecular weight excluding hydrogens is 366 g/mol. The van der Waals surface area contributed by atoms with Gasteiger partial charge < -0.3 is 0 Å². The Morgan fingerprint density at radius 3 is 0.952 bits per heavy atom. The molecule has 0 nitrogen and oxygen atoms in total. The maximum absolute atomic E-state index is 5.18. The minimum absolute atomic E-state index is 0. The van der Waals surface area contributed by atoms with Gasteiger partial charge in [-0.2, -0.15) is 0 Å². The van der Waals surface area contributed by atoms with Crippen LogP contribution in [-0.2, 0) is 20.4 Å². The summed E-state index contributed by atoms with van der Waals surface area (Å²) in [5.74, 6) is 0. The summed E-state index contributed by atoms with van der Waals surface area (Å²) in [6, 6.07) is 0. The topological polar surface area (TPSA) is 0 Å². The first-order valence-corrected chi connectivity index (χ1v) is 12.1. The maximum atomic E-state index is 5.18. The van der Waals surface area contributed by atoms with Crippen molar-refractivity contribution in [1.82, 2.24) is 0 Å². The molecule has 1 radical (unpaired) electrons. The predicted molar refractivity (Wildman–Crippen MR) is 94.3 cm³/mol. The van der Waals surface area contributed by atoms with Crippen molar-refractivity contribution in [1.29, 1.82) is 0 Å². The van der Waals surface area contributed by atoms with E-state index in [9.17, 15) is 0 Å². The van der Waals surface area contributed by atoms with Crippen LogP contribution in [0.5, 0.6) is 0 Å². The Bertz CT molecular complexity index is 240. The summed E-state index contributed by atoms with van der Waals surface area (Å²) in [4.78, 5) is 0. The third kappa shape index (κ3) is 4.14. The first kappa shape index (κ1) is 18.4. The number of hydrogen-bond donors (Lipinski definition) is 0. The molecule has 0 aromatic carbocycles. The zero-order chi connectivity index (χ0) is 13.8. The quantitative estimate of drug-likeness (QED) is 0.373. The van der Waals surface area contributed by atoms with Gasteiger partial charge in [0, 0.05) is 20.4 Å². The molecule has 0 aliphatic heterocycles. The molecular formula is C19H36PPd. The molecule has 0 bridgehead atoms. The van der Waals surface area contributed by atoms with Crippen LogP contribution >= 0.6 is 7.26 Å². The maximum Gasteiger partial charge on any atom is 0 e. The molecule has 0 saturated heterocycles. The predicted octanol–water partition coefficient (Wildman–Crippen LogP) is 6.52. The van der Waals surface area contributed by atoms with Gasteiger partial charge in [0.2, 0.25) is 0 Å². The van der Waals surface area contributed by atoms with Crippen LogP contribution in [0, 0.1) is 6.66 Å². The van der Waals surface area contributed by atoms with Crippen LogP contribution in [0.3, 0.4) is 0 Å². The molecule has 3 fully saturated rings. The first-order chi connectivity index (χ1) is 9.82. The van der Waals surface area contributed by atoms with E-state index >= 15 is 0 Å². The normalized spacial score (nSPS) is 28.0. The van der Waals surface area contributed by atoms with Crippen molar-refractivity contribution in [2.24, 2.45) is 0 Å². The fourth-order valence-electron chi connectivity index (χ4n) is 5.92. The molecule has 0 aromatic heterocycles. The molecule has 127 valence electrons. The summed E-state index contributed by atoms with van der Waals surface area (Å²) < 4.78 is 0. The van der Waals surface area contributed by atoms with Crippen LogP contribution in [0.2, 0.25) is 0 Å². The van der Waals surface area contributed by atoms with E-state index < -0.39 is 7.26 Å². The smallest absolute Gasteiger partial charge is 0 e. The molecule has 3 rings (SSSR count). The monoisotopic (exact) mass is 401 g/mol. The van der Waals surface area contributed by atoms with E-state index in [2.05, 4.69) is 0 Å². The molecule has 2 heteroatoms. The zero-order valence-corrected chi connectivity index (χ0v) is 16.4. The average molecular weight is 402 g/mol. The molecule has 0 N–H and O–H groups in total. The van der Waals surface area contributed by atoms with E-state index in [0.29, 0.717) is 0 Å². The van der Waals surface area contributed by atoms with Crippen molar-refractivity contribution in [3.8, 4) is 0 Å². The molecule has 0 atom stereocenters.